The Morgan fingerprint density at radius 1 is 0.676 bits per heavy atom. The normalized spacial score (nSPS) is 21.3. The second-order valence-corrected chi connectivity index (χ2v) is 12.9. The number of esters is 1. The molecule has 2 aliphatic rings. The van der Waals surface area contributed by atoms with Crippen LogP contribution in [0.4, 0.5) is 0 Å². The van der Waals surface area contributed by atoms with Crippen molar-refractivity contribution in [2.45, 2.75) is 174 Å². The molecule has 1 aliphatic heterocycles. The van der Waals surface area contributed by atoms with Crippen LogP contribution in [0.25, 0.3) is 0 Å². The number of hydrogen-bond donors (Lipinski definition) is 0. The lowest BCUT2D eigenvalue weighted by Crippen LogP contribution is -2.35. The zero-order valence-electron chi connectivity index (χ0n) is 25.5. The van der Waals surface area contributed by atoms with Crippen molar-refractivity contribution in [3.63, 3.8) is 0 Å². The molecule has 3 heteroatoms. The van der Waals surface area contributed by atoms with Gasteiger partial charge in [0.05, 0.1) is 5.92 Å². The molecule has 0 amide bonds. The topological polar surface area (TPSA) is 29.5 Å². The maximum atomic E-state index is 12.8. The highest BCUT2D eigenvalue weighted by molar-refractivity contribution is 5.72. The molecular formula is C34H65NO2. The minimum Gasteiger partial charge on any atom is -0.462 e. The summed E-state index contributed by atoms with van der Waals surface area (Å²) < 4.78 is 6.13. The first-order valence-electron chi connectivity index (χ1n) is 17.0. The van der Waals surface area contributed by atoms with Crippen LogP contribution >= 0.6 is 0 Å². The maximum Gasteiger partial charge on any atom is 0.309 e. The number of ether oxygens (including phenoxy) is 1. The highest BCUT2D eigenvalue weighted by atomic mass is 16.5. The number of likely N-dealkylation sites (tertiary alicyclic amines) is 1. The van der Waals surface area contributed by atoms with Gasteiger partial charge in [0.15, 0.2) is 0 Å². The van der Waals surface area contributed by atoms with Crippen molar-refractivity contribution >= 4 is 5.97 Å². The summed E-state index contributed by atoms with van der Waals surface area (Å²) in [4.78, 5) is 15.2. The van der Waals surface area contributed by atoms with Crippen molar-refractivity contribution in [2.24, 2.45) is 17.8 Å². The predicted molar refractivity (Wildman–Crippen MR) is 160 cm³/mol. The fourth-order valence-electron chi connectivity index (χ4n) is 6.43. The van der Waals surface area contributed by atoms with Crippen LogP contribution in [0, 0.1) is 17.8 Å². The molecule has 1 aliphatic carbocycles. The minimum absolute atomic E-state index is 0.101. The van der Waals surface area contributed by atoms with Crippen LogP contribution in [-0.4, -0.2) is 37.1 Å². The lowest BCUT2D eigenvalue weighted by molar-refractivity contribution is -0.156. The van der Waals surface area contributed by atoms with Gasteiger partial charge in [-0.05, 0) is 76.9 Å². The molecule has 0 bridgehead atoms. The fraction of sp³-hybridized carbons (Fsp3) is 0.971. The monoisotopic (exact) mass is 520 g/mol. The minimum atomic E-state index is 0.101. The lowest BCUT2D eigenvalue weighted by Gasteiger charge is -2.29. The molecule has 0 aromatic carbocycles. The van der Waals surface area contributed by atoms with Crippen molar-refractivity contribution in [2.75, 3.05) is 20.1 Å². The van der Waals surface area contributed by atoms with Crippen LogP contribution in [0.15, 0.2) is 0 Å². The van der Waals surface area contributed by atoms with E-state index in [1.807, 2.05) is 0 Å². The fourth-order valence-corrected chi connectivity index (χ4v) is 6.43. The second kappa shape index (κ2) is 21.3. The van der Waals surface area contributed by atoms with Crippen LogP contribution < -0.4 is 0 Å². The van der Waals surface area contributed by atoms with E-state index in [9.17, 15) is 4.79 Å². The van der Waals surface area contributed by atoms with Gasteiger partial charge in [-0.25, -0.2) is 0 Å². The van der Waals surface area contributed by atoms with E-state index in [-0.39, 0.29) is 18.0 Å². The molecular weight excluding hydrogens is 454 g/mol. The largest absolute Gasteiger partial charge is 0.462 e. The Morgan fingerprint density at radius 3 is 1.59 bits per heavy atom. The number of rotatable bonds is 24. The lowest BCUT2D eigenvalue weighted by atomic mass is 9.97. The van der Waals surface area contributed by atoms with Crippen molar-refractivity contribution < 1.29 is 9.53 Å². The predicted octanol–water partition coefficient (Wildman–Crippen LogP) is 10.1. The van der Waals surface area contributed by atoms with Crippen LogP contribution in [0.3, 0.4) is 0 Å². The molecule has 218 valence electrons. The Bertz CT molecular complexity index is 542. The number of piperidine rings is 1. The summed E-state index contributed by atoms with van der Waals surface area (Å²) in [5.74, 6) is 2.38. The Kier molecular flexibility index (Phi) is 18.8. The summed E-state index contributed by atoms with van der Waals surface area (Å²) in [5.41, 5.74) is 0. The average molecular weight is 520 g/mol. The number of hydrogen-bond acceptors (Lipinski definition) is 3. The van der Waals surface area contributed by atoms with Gasteiger partial charge < -0.3 is 9.64 Å². The van der Waals surface area contributed by atoms with E-state index in [1.54, 1.807) is 0 Å². The zero-order valence-corrected chi connectivity index (χ0v) is 25.5. The third-order valence-corrected chi connectivity index (χ3v) is 9.31. The van der Waals surface area contributed by atoms with Gasteiger partial charge in [-0.3, -0.25) is 4.79 Å². The molecule has 0 aromatic rings. The quantitative estimate of drug-likeness (QED) is 0.0938. The number of nitrogens with zero attached hydrogens (tertiary/aromatic N) is 1. The molecule has 2 fully saturated rings. The molecule has 3 atom stereocenters. The summed E-state index contributed by atoms with van der Waals surface area (Å²) >= 11 is 0. The second-order valence-electron chi connectivity index (χ2n) is 12.9. The Balaban J connectivity index is 1.52. The summed E-state index contributed by atoms with van der Waals surface area (Å²) in [6, 6.07) is 0. The third kappa shape index (κ3) is 16.2. The summed E-state index contributed by atoms with van der Waals surface area (Å²) in [7, 11) is 2.16. The van der Waals surface area contributed by atoms with Crippen LogP contribution in [0.2, 0.25) is 0 Å². The highest BCUT2D eigenvalue weighted by Gasteiger charge is 2.35. The van der Waals surface area contributed by atoms with E-state index in [1.165, 1.54) is 128 Å². The Hall–Kier alpha value is -0.570. The van der Waals surface area contributed by atoms with E-state index in [0.29, 0.717) is 0 Å². The molecule has 0 spiro atoms. The number of carbonyl (C=O) groups excluding carboxylic acids is 1. The van der Waals surface area contributed by atoms with E-state index in [4.69, 9.17) is 4.74 Å². The molecule has 2 rings (SSSR count). The van der Waals surface area contributed by atoms with Crippen molar-refractivity contribution in [1.82, 2.24) is 4.90 Å². The molecule has 0 N–H and O–H groups in total. The first-order valence-corrected chi connectivity index (χ1v) is 17.0. The average Bonchev–Trinajstić information content (AvgIpc) is 3.65. The Labute approximate surface area is 232 Å². The summed E-state index contributed by atoms with van der Waals surface area (Å²) in [6.07, 6.45) is 32.0. The smallest absolute Gasteiger partial charge is 0.309 e. The van der Waals surface area contributed by atoms with Crippen LogP contribution in [-0.2, 0) is 9.53 Å². The Morgan fingerprint density at radius 2 is 1.11 bits per heavy atom. The summed E-state index contributed by atoms with van der Waals surface area (Å²) in [5, 5.41) is 0. The molecule has 1 saturated heterocycles. The van der Waals surface area contributed by atoms with Crippen molar-refractivity contribution in [1.29, 1.82) is 0 Å². The molecule has 0 radical (unpaired) electrons. The van der Waals surface area contributed by atoms with Gasteiger partial charge in [-0.15, -0.1) is 0 Å². The standard InChI is InChI=1S/C34H65NO2/c1-4-6-8-10-13-17-21-31-29-32(31)22-18-14-12-16-20-24-33(23-19-15-11-9-7-5-2)37-34(36)30-25-27-35(3)28-26-30/h30-33H,4-29H2,1-3H3. The summed E-state index contributed by atoms with van der Waals surface area (Å²) in [6.45, 7) is 6.64. The van der Waals surface area contributed by atoms with E-state index in [2.05, 4.69) is 25.8 Å². The van der Waals surface area contributed by atoms with Gasteiger partial charge in [0.2, 0.25) is 0 Å². The highest BCUT2D eigenvalue weighted by Crippen LogP contribution is 2.45. The molecule has 3 nitrogen and oxygen atoms in total. The first kappa shape index (κ1) is 32.6. The van der Waals surface area contributed by atoms with Gasteiger partial charge in [-0.1, -0.05) is 123 Å². The van der Waals surface area contributed by atoms with Crippen molar-refractivity contribution in [3.8, 4) is 0 Å². The SMILES string of the molecule is CCCCCCCCC(CCCCCCCC1CC1CCCCCCCC)OC(=O)C1CCN(C)CC1. The first-order chi connectivity index (χ1) is 18.1. The molecule has 0 aromatic heterocycles. The van der Waals surface area contributed by atoms with Crippen LogP contribution in [0.1, 0.15) is 168 Å². The van der Waals surface area contributed by atoms with E-state index < -0.39 is 0 Å². The van der Waals surface area contributed by atoms with Crippen LogP contribution in [0.5, 0.6) is 0 Å². The molecule has 1 saturated carbocycles. The third-order valence-electron chi connectivity index (χ3n) is 9.31. The van der Waals surface area contributed by atoms with Crippen molar-refractivity contribution in [3.05, 3.63) is 0 Å². The van der Waals surface area contributed by atoms with Gasteiger partial charge in [-0.2, -0.15) is 0 Å². The van der Waals surface area contributed by atoms with Gasteiger partial charge in [0.1, 0.15) is 6.10 Å². The van der Waals surface area contributed by atoms with E-state index >= 15 is 0 Å². The molecule has 3 unspecified atom stereocenters. The van der Waals surface area contributed by atoms with Gasteiger partial charge in [0.25, 0.3) is 0 Å². The van der Waals surface area contributed by atoms with E-state index in [0.717, 1.165) is 50.6 Å². The number of unbranched alkanes of at least 4 members (excludes halogenated alkanes) is 14. The van der Waals surface area contributed by atoms with Gasteiger partial charge in [0, 0.05) is 0 Å². The number of carbonyl (C=O) groups is 1. The molecule has 1 heterocycles. The maximum absolute atomic E-state index is 12.8. The zero-order chi connectivity index (χ0) is 26.6. The molecule has 37 heavy (non-hydrogen) atoms. The van der Waals surface area contributed by atoms with Gasteiger partial charge >= 0.3 is 5.97 Å².